The fourth-order valence-electron chi connectivity index (χ4n) is 3.30. The summed E-state index contributed by atoms with van der Waals surface area (Å²) < 4.78 is -0.105. The SMILES string of the molecule is CC1(C(=O)N2CC3CNCC3C2)CCCS1. The summed E-state index contributed by atoms with van der Waals surface area (Å²) in [6, 6.07) is 0. The van der Waals surface area contributed by atoms with Crippen LogP contribution in [0.25, 0.3) is 0 Å². The van der Waals surface area contributed by atoms with Crippen LogP contribution in [0.15, 0.2) is 0 Å². The number of carbonyl (C=O) groups excluding carboxylic acids is 1. The first kappa shape index (κ1) is 10.9. The molecule has 3 unspecified atom stereocenters. The van der Waals surface area contributed by atoms with Gasteiger partial charge in [0.2, 0.25) is 5.91 Å². The van der Waals surface area contributed by atoms with Crippen molar-refractivity contribution in [3.8, 4) is 0 Å². The summed E-state index contributed by atoms with van der Waals surface area (Å²) in [7, 11) is 0. The molecule has 4 heteroatoms. The van der Waals surface area contributed by atoms with Crippen LogP contribution in [0.1, 0.15) is 19.8 Å². The van der Waals surface area contributed by atoms with E-state index in [0.29, 0.717) is 5.91 Å². The van der Waals surface area contributed by atoms with Crippen molar-refractivity contribution in [2.24, 2.45) is 11.8 Å². The van der Waals surface area contributed by atoms with Crippen molar-refractivity contribution >= 4 is 17.7 Å². The van der Waals surface area contributed by atoms with Gasteiger partial charge in [0.25, 0.3) is 0 Å². The van der Waals surface area contributed by atoms with Crippen LogP contribution in [0.2, 0.25) is 0 Å². The molecule has 3 saturated heterocycles. The van der Waals surface area contributed by atoms with Gasteiger partial charge in [0.1, 0.15) is 0 Å². The maximum absolute atomic E-state index is 12.5. The van der Waals surface area contributed by atoms with E-state index in [9.17, 15) is 4.79 Å². The molecule has 0 aliphatic carbocycles. The Bertz CT molecular complexity index is 289. The molecule has 0 spiro atoms. The molecule has 0 bridgehead atoms. The Morgan fingerprint density at radius 2 is 2.06 bits per heavy atom. The smallest absolute Gasteiger partial charge is 0.238 e. The molecule has 16 heavy (non-hydrogen) atoms. The highest BCUT2D eigenvalue weighted by Gasteiger charge is 2.45. The van der Waals surface area contributed by atoms with Crippen molar-refractivity contribution in [1.29, 1.82) is 0 Å². The molecule has 3 aliphatic heterocycles. The second-order valence-electron chi connectivity index (χ2n) is 5.57. The van der Waals surface area contributed by atoms with Crippen molar-refractivity contribution in [2.75, 3.05) is 31.9 Å². The van der Waals surface area contributed by atoms with Crippen LogP contribution in [0, 0.1) is 11.8 Å². The normalized spacial score (nSPS) is 42.7. The number of thioether (sulfide) groups is 1. The van der Waals surface area contributed by atoms with E-state index in [1.54, 1.807) is 0 Å². The highest BCUT2D eigenvalue weighted by atomic mass is 32.2. The van der Waals surface area contributed by atoms with Crippen molar-refractivity contribution in [1.82, 2.24) is 10.2 Å². The van der Waals surface area contributed by atoms with Crippen molar-refractivity contribution in [3.05, 3.63) is 0 Å². The molecular formula is C12H20N2OS. The van der Waals surface area contributed by atoms with E-state index < -0.39 is 0 Å². The molecular weight excluding hydrogens is 220 g/mol. The average molecular weight is 240 g/mol. The lowest BCUT2D eigenvalue weighted by molar-refractivity contribution is -0.132. The zero-order valence-corrected chi connectivity index (χ0v) is 10.7. The molecule has 0 saturated carbocycles. The summed E-state index contributed by atoms with van der Waals surface area (Å²) in [6.45, 7) is 6.34. The number of rotatable bonds is 1. The first-order chi connectivity index (χ1) is 7.69. The number of hydrogen-bond donors (Lipinski definition) is 1. The summed E-state index contributed by atoms with van der Waals surface area (Å²) in [5, 5.41) is 3.42. The van der Waals surface area contributed by atoms with Crippen LogP contribution >= 0.6 is 11.8 Å². The Balaban J connectivity index is 1.68. The lowest BCUT2D eigenvalue weighted by atomic mass is 10.0. The Morgan fingerprint density at radius 1 is 1.38 bits per heavy atom. The fraction of sp³-hybridized carbons (Fsp3) is 0.917. The van der Waals surface area contributed by atoms with Gasteiger partial charge < -0.3 is 10.2 Å². The van der Waals surface area contributed by atoms with Gasteiger partial charge in [-0.2, -0.15) is 0 Å². The number of likely N-dealkylation sites (tertiary alicyclic amines) is 1. The van der Waals surface area contributed by atoms with Crippen molar-refractivity contribution in [3.63, 3.8) is 0 Å². The standard InChI is InChI=1S/C12H20N2OS/c1-12(3-2-4-16-12)11(15)14-7-9-5-13-6-10(9)8-14/h9-10,13H,2-8H2,1H3. The minimum atomic E-state index is -0.105. The Labute approximate surface area is 101 Å². The van der Waals surface area contributed by atoms with E-state index in [1.165, 1.54) is 6.42 Å². The van der Waals surface area contributed by atoms with Crippen LogP contribution in [0.5, 0.6) is 0 Å². The van der Waals surface area contributed by atoms with Gasteiger partial charge in [0, 0.05) is 26.2 Å². The third-order valence-electron chi connectivity index (χ3n) is 4.35. The predicted molar refractivity (Wildman–Crippen MR) is 66.5 cm³/mol. The quantitative estimate of drug-likeness (QED) is 0.740. The minimum Gasteiger partial charge on any atom is -0.341 e. The molecule has 3 fully saturated rings. The summed E-state index contributed by atoms with van der Waals surface area (Å²) in [5.41, 5.74) is 0. The predicted octanol–water partition coefficient (Wildman–Crippen LogP) is 0.950. The highest BCUT2D eigenvalue weighted by Crippen LogP contribution is 2.40. The van der Waals surface area contributed by atoms with E-state index >= 15 is 0 Å². The van der Waals surface area contributed by atoms with E-state index in [1.807, 2.05) is 11.8 Å². The molecule has 3 aliphatic rings. The van der Waals surface area contributed by atoms with Gasteiger partial charge >= 0.3 is 0 Å². The number of nitrogens with zero attached hydrogens (tertiary/aromatic N) is 1. The van der Waals surface area contributed by atoms with Gasteiger partial charge in [-0.05, 0) is 37.4 Å². The molecule has 3 rings (SSSR count). The van der Waals surface area contributed by atoms with Crippen molar-refractivity contribution in [2.45, 2.75) is 24.5 Å². The monoisotopic (exact) mass is 240 g/mol. The molecule has 0 aromatic heterocycles. The summed E-state index contributed by atoms with van der Waals surface area (Å²) in [6.07, 6.45) is 2.27. The second-order valence-corrected chi connectivity index (χ2v) is 7.17. The van der Waals surface area contributed by atoms with Crippen molar-refractivity contribution < 1.29 is 4.79 Å². The summed E-state index contributed by atoms with van der Waals surface area (Å²) in [4.78, 5) is 14.6. The zero-order chi connectivity index (χ0) is 11.2. The molecule has 1 N–H and O–H groups in total. The lowest BCUT2D eigenvalue weighted by Gasteiger charge is -2.28. The summed E-state index contributed by atoms with van der Waals surface area (Å²) in [5.74, 6) is 3.01. The lowest BCUT2D eigenvalue weighted by Crippen LogP contribution is -2.43. The summed E-state index contributed by atoms with van der Waals surface area (Å²) >= 11 is 1.86. The van der Waals surface area contributed by atoms with Crippen LogP contribution in [0.3, 0.4) is 0 Å². The molecule has 3 atom stereocenters. The van der Waals surface area contributed by atoms with E-state index in [4.69, 9.17) is 0 Å². The minimum absolute atomic E-state index is 0.105. The number of carbonyl (C=O) groups is 1. The van der Waals surface area contributed by atoms with Crippen LogP contribution in [0.4, 0.5) is 0 Å². The maximum Gasteiger partial charge on any atom is 0.238 e. The molecule has 0 aromatic rings. The second kappa shape index (κ2) is 3.91. The van der Waals surface area contributed by atoms with Gasteiger partial charge in [0.15, 0.2) is 0 Å². The topological polar surface area (TPSA) is 32.3 Å². The van der Waals surface area contributed by atoms with Gasteiger partial charge in [-0.25, -0.2) is 0 Å². The van der Waals surface area contributed by atoms with Crippen LogP contribution < -0.4 is 5.32 Å². The van der Waals surface area contributed by atoms with E-state index in [2.05, 4.69) is 17.1 Å². The molecule has 0 aromatic carbocycles. The maximum atomic E-state index is 12.5. The molecule has 1 amide bonds. The van der Waals surface area contributed by atoms with Gasteiger partial charge in [-0.3, -0.25) is 4.79 Å². The average Bonchev–Trinajstić information content (AvgIpc) is 2.90. The number of amides is 1. The molecule has 3 heterocycles. The first-order valence-electron chi connectivity index (χ1n) is 6.33. The largest absolute Gasteiger partial charge is 0.341 e. The molecule has 90 valence electrons. The Kier molecular flexibility index (Phi) is 2.67. The van der Waals surface area contributed by atoms with Gasteiger partial charge in [-0.1, -0.05) is 0 Å². The number of fused-ring (bicyclic) bond motifs is 1. The molecule has 3 nitrogen and oxygen atoms in total. The van der Waals surface area contributed by atoms with Crippen LogP contribution in [-0.2, 0) is 4.79 Å². The van der Waals surface area contributed by atoms with Gasteiger partial charge in [-0.15, -0.1) is 11.8 Å². The third-order valence-corrected chi connectivity index (χ3v) is 5.86. The fourth-order valence-corrected chi connectivity index (χ4v) is 4.58. The Morgan fingerprint density at radius 3 is 2.62 bits per heavy atom. The van der Waals surface area contributed by atoms with E-state index in [-0.39, 0.29) is 4.75 Å². The number of nitrogens with one attached hydrogen (secondary N) is 1. The highest BCUT2D eigenvalue weighted by molar-refractivity contribution is 8.01. The van der Waals surface area contributed by atoms with Gasteiger partial charge in [0.05, 0.1) is 4.75 Å². The molecule has 0 radical (unpaired) electrons. The third kappa shape index (κ3) is 1.66. The Hall–Kier alpha value is -0.220. The first-order valence-corrected chi connectivity index (χ1v) is 7.32. The van der Waals surface area contributed by atoms with E-state index in [0.717, 1.165) is 50.2 Å². The number of hydrogen-bond acceptors (Lipinski definition) is 3. The zero-order valence-electron chi connectivity index (χ0n) is 9.87. The van der Waals surface area contributed by atoms with Crippen LogP contribution in [-0.4, -0.2) is 47.5 Å².